The van der Waals surface area contributed by atoms with E-state index in [4.69, 9.17) is 9.47 Å². The zero-order valence-electron chi connectivity index (χ0n) is 14.7. The average molecular weight is 338 g/mol. The van der Waals surface area contributed by atoms with Crippen LogP contribution in [-0.4, -0.2) is 42.0 Å². The SMILES string of the molecule is COc1ccc(C(C)(C=O)N(C)C(=O)OC(C)(C)C)cc1[N+](=O)[O-]. The lowest BCUT2D eigenvalue weighted by atomic mass is 9.91. The molecule has 8 nitrogen and oxygen atoms in total. The van der Waals surface area contributed by atoms with Crippen LogP contribution in [0.2, 0.25) is 0 Å². The fourth-order valence-electron chi connectivity index (χ4n) is 2.01. The normalized spacial score (nSPS) is 13.6. The first kappa shape index (κ1) is 19.4. The number of hydrogen-bond acceptors (Lipinski definition) is 6. The number of benzene rings is 1. The summed E-state index contributed by atoms with van der Waals surface area (Å²) in [6, 6.07) is 4.10. The number of hydrogen-bond donors (Lipinski definition) is 0. The topological polar surface area (TPSA) is 99.0 Å². The quantitative estimate of drug-likeness (QED) is 0.465. The largest absolute Gasteiger partial charge is 0.490 e. The molecule has 0 N–H and O–H groups in total. The van der Waals surface area contributed by atoms with E-state index in [2.05, 4.69) is 0 Å². The summed E-state index contributed by atoms with van der Waals surface area (Å²) < 4.78 is 10.2. The first-order chi connectivity index (χ1) is 11.0. The molecular formula is C16H22N2O6. The number of nitrogens with zero attached hydrogens (tertiary/aromatic N) is 2. The highest BCUT2D eigenvalue weighted by atomic mass is 16.6. The van der Waals surface area contributed by atoms with Crippen LogP contribution in [0.5, 0.6) is 5.75 Å². The smallest absolute Gasteiger partial charge is 0.411 e. The molecule has 1 atom stereocenters. The lowest BCUT2D eigenvalue weighted by Crippen LogP contribution is -2.48. The van der Waals surface area contributed by atoms with Crippen LogP contribution in [0.15, 0.2) is 18.2 Å². The van der Waals surface area contributed by atoms with Gasteiger partial charge in [0.15, 0.2) is 5.75 Å². The summed E-state index contributed by atoms with van der Waals surface area (Å²) in [4.78, 5) is 35.7. The Morgan fingerprint density at radius 1 is 1.29 bits per heavy atom. The zero-order chi connectivity index (χ0) is 18.7. The Balaban J connectivity index is 3.33. The van der Waals surface area contributed by atoms with Crippen LogP contribution in [0.1, 0.15) is 33.3 Å². The van der Waals surface area contributed by atoms with Gasteiger partial charge < -0.3 is 14.3 Å². The molecule has 1 unspecified atom stereocenters. The van der Waals surface area contributed by atoms with Crippen molar-refractivity contribution in [3.8, 4) is 5.75 Å². The van der Waals surface area contributed by atoms with Gasteiger partial charge >= 0.3 is 11.8 Å². The number of nitro benzene ring substituents is 1. The minimum Gasteiger partial charge on any atom is -0.490 e. The van der Waals surface area contributed by atoms with Crippen LogP contribution in [0.3, 0.4) is 0 Å². The van der Waals surface area contributed by atoms with E-state index in [-0.39, 0.29) is 17.0 Å². The van der Waals surface area contributed by atoms with Gasteiger partial charge in [0.25, 0.3) is 0 Å². The summed E-state index contributed by atoms with van der Waals surface area (Å²) in [5.41, 5.74) is -2.18. The maximum atomic E-state index is 12.3. The molecule has 0 heterocycles. The molecule has 0 spiro atoms. The van der Waals surface area contributed by atoms with E-state index in [9.17, 15) is 19.7 Å². The van der Waals surface area contributed by atoms with Gasteiger partial charge in [-0.1, -0.05) is 6.07 Å². The van der Waals surface area contributed by atoms with Gasteiger partial charge in [-0.05, 0) is 39.3 Å². The first-order valence-corrected chi connectivity index (χ1v) is 7.22. The molecule has 0 saturated heterocycles. The van der Waals surface area contributed by atoms with Crippen molar-refractivity contribution < 1.29 is 24.0 Å². The molecule has 0 bridgehead atoms. The van der Waals surface area contributed by atoms with Crippen molar-refractivity contribution in [2.75, 3.05) is 14.2 Å². The predicted octanol–water partition coefficient (Wildman–Crippen LogP) is 2.88. The van der Waals surface area contributed by atoms with E-state index in [1.165, 1.54) is 39.3 Å². The van der Waals surface area contributed by atoms with Gasteiger partial charge in [0, 0.05) is 13.1 Å². The molecule has 24 heavy (non-hydrogen) atoms. The van der Waals surface area contributed by atoms with E-state index < -0.39 is 22.2 Å². The van der Waals surface area contributed by atoms with Crippen LogP contribution < -0.4 is 4.74 Å². The number of carbonyl (C=O) groups excluding carboxylic acids is 2. The molecule has 0 aliphatic rings. The number of likely N-dealkylation sites (N-methyl/N-ethyl adjacent to an activating group) is 1. The number of ether oxygens (including phenoxy) is 2. The van der Waals surface area contributed by atoms with Crippen LogP contribution in [-0.2, 0) is 15.1 Å². The van der Waals surface area contributed by atoms with Gasteiger partial charge in [-0.2, -0.15) is 0 Å². The number of aldehydes is 1. The monoisotopic (exact) mass is 338 g/mol. The fourth-order valence-corrected chi connectivity index (χ4v) is 2.01. The molecular weight excluding hydrogens is 316 g/mol. The van der Waals surface area contributed by atoms with Crippen LogP contribution in [0, 0.1) is 10.1 Å². The number of nitro groups is 1. The van der Waals surface area contributed by atoms with Crippen molar-refractivity contribution in [1.29, 1.82) is 0 Å². The third-order valence-electron chi connectivity index (χ3n) is 3.55. The van der Waals surface area contributed by atoms with Crippen molar-refractivity contribution >= 4 is 18.1 Å². The van der Waals surface area contributed by atoms with Crippen molar-refractivity contribution in [3.05, 3.63) is 33.9 Å². The standard InChI is InChI=1S/C16H22N2O6/c1-15(2,3)24-14(20)17(5)16(4,10-19)11-7-8-13(23-6)12(9-11)18(21)22/h7-10H,1-6H3. The Morgan fingerprint density at radius 2 is 1.88 bits per heavy atom. The maximum Gasteiger partial charge on any atom is 0.411 e. The lowest BCUT2D eigenvalue weighted by Gasteiger charge is -2.35. The van der Waals surface area contributed by atoms with Crippen LogP contribution >= 0.6 is 0 Å². The summed E-state index contributed by atoms with van der Waals surface area (Å²) in [5.74, 6) is 0.0666. The van der Waals surface area contributed by atoms with Crippen molar-refractivity contribution in [2.45, 2.75) is 38.8 Å². The van der Waals surface area contributed by atoms with E-state index in [0.717, 1.165) is 4.90 Å². The molecule has 0 saturated carbocycles. The summed E-state index contributed by atoms with van der Waals surface area (Å²) in [6.45, 7) is 6.59. The Kier molecular flexibility index (Phi) is 5.54. The zero-order valence-corrected chi connectivity index (χ0v) is 14.7. The summed E-state index contributed by atoms with van der Waals surface area (Å²) in [6.07, 6.45) is -0.168. The Morgan fingerprint density at radius 3 is 2.29 bits per heavy atom. The Bertz CT molecular complexity index is 652. The summed E-state index contributed by atoms with van der Waals surface area (Å²) >= 11 is 0. The van der Waals surface area contributed by atoms with E-state index in [0.29, 0.717) is 6.29 Å². The highest BCUT2D eigenvalue weighted by molar-refractivity contribution is 5.78. The highest BCUT2D eigenvalue weighted by Crippen LogP contribution is 2.34. The molecule has 1 rings (SSSR count). The van der Waals surface area contributed by atoms with E-state index >= 15 is 0 Å². The van der Waals surface area contributed by atoms with E-state index in [1.807, 2.05) is 0 Å². The van der Waals surface area contributed by atoms with Crippen molar-refractivity contribution in [3.63, 3.8) is 0 Å². The van der Waals surface area contributed by atoms with Crippen molar-refractivity contribution in [1.82, 2.24) is 4.90 Å². The second-order valence-electron chi connectivity index (χ2n) is 6.45. The van der Waals surface area contributed by atoms with Gasteiger partial charge in [0.05, 0.1) is 12.0 Å². The van der Waals surface area contributed by atoms with E-state index in [1.54, 1.807) is 20.8 Å². The third-order valence-corrected chi connectivity index (χ3v) is 3.55. The maximum absolute atomic E-state index is 12.3. The van der Waals surface area contributed by atoms with Gasteiger partial charge in [-0.3, -0.25) is 15.0 Å². The fraction of sp³-hybridized carbons (Fsp3) is 0.500. The minimum atomic E-state index is -1.43. The molecule has 0 aromatic heterocycles. The first-order valence-electron chi connectivity index (χ1n) is 7.22. The molecule has 1 amide bonds. The second kappa shape index (κ2) is 6.86. The minimum absolute atomic E-state index is 0.0666. The van der Waals surface area contributed by atoms with Crippen LogP contribution in [0.25, 0.3) is 0 Å². The number of carbonyl (C=O) groups is 2. The number of methoxy groups -OCH3 is 1. The molecule has 0 aliphatic heterocycles. The average Bonchev–Trinajstić information content (AvgIpc) is 2.50. The van der Waals surface area contributed by atoms with Gasteiger partial charge in [-0.25, -0.2) is 4.79 Å². The number of rotatable bonds is 5. The Labute approximate surface area is 140 Å². The molecule has 1 aromatic rings. The van der Waals surface area contributed by atoms with Gasteiger partial charge in [0.1, 0.15) is 17.4 Å². The molecule has 132 valence electrons. The third kappa shape index (κ3) is 4.01. The molecule has 1 aromatic carbocycles. The summed E-state index contributed by atoms with van der Waals surface area (Å²) in [7, 11) is 2.71. The second-order valence-corrected chi connectivity index (χ2v) is 6.45. The Hall–Kier alpha value is -2.64. The van der Waals surface area contributed by atoms with Crippen molar-refractivity contribution in [2.24, 2.45) is 0 Å². The number of amides is 1. The summed E-state index contributed by atoms with van der Waals surface area (Å²) in [5, 5.41) is 11.2. The van der Waals surface area contributed by atoms with Crippen LogP contribution in [0.4, 0.5) is 10.5 Å². The lowest BCUT2D eigenvalue weighted by molar-refractivity contribution is -0.385. The molecule has 8 heteroatoms. The molecule has 0 fully saturated rings. The van der Waals surface area contributed by atoms with Gasteiger partial charge in [0.2, 0.25) is 0 Å². The predicted molar refractivity (Wildman–Crippen MR) is 87.1 cm³/mol. The molecule has 0 radical (unpaired) electrons. The van der Waals surface area contributed by atoms with Gasteiger partial charge in [-0.15, -0.1) is 0 Å². The molecule has 0 aliphatic carbocycles. The highest BCUT2D eigenvalue weighted by Gasteiger charge is 2.38.